The minimum atomic E-state index is -1.12. The maximum Gasteiger partial charge on any atom is 0.350 e. The Balaban J connectivity index is 1.64. The van der Waals surface area contributed by atoms with Crippen LogP contribution in [0.5, 0.6) is 0 Å². The van der Waals surface area contributed by atoms with Gasteiger partial charge in [-0.2, -0.15) is 0 Å². The van der Waals surface area contributed by atoms with Gasteiger partial charge in [-0.05, 0) is 35.2 Å². The summed E-state index contributed by atoms with van der Waals surface area (Å²) in [6.45, 7) is 0. The van der Waals surface area contributed by atoms with Crippen LogP contribution >= 0.6 is 11.6 Å². The van der Waals surface area contributed by atoms with E-state index in [4.69, 9.17) is 16.4 Å². The molecule has 2 amide bonds. The Hall–Kier alpha value is -3.22. The molecule has 2 aliphatic rings. The van der Waals surface area contributed by atoms with Crippen molar-refractivity contribution in [2.45, 2.75) is 12.1 Å². The van der Waals surface area contributed by atoms with Gasteiger partial charge in [-0.15, -0.1) is 5.48 Å². The second-order valence-corrected chi connectivity index (χ2v) is 7.14. The molecule has 0 bridgehead atoms. The zero-order valence-corrected chi connectivity index (χ0v) is 15.1. The fourth-order valence-electron chi connectivity index (χ4n) is 3.86. The lowest BCUT2D eigenvalue weighted by atomic mass is 9.91. The third-order valence-electron chi connectivity index (χ3n) is 5.15. The lowest BCUT2D eigenvalue weighted by Crippen LogP contribution is -2.51. The molecule has 0 aromatic heterocycles. The number of carbonyl (C=O) groups is 3. The van der Waals surface area contributed by atoms with Crippen molar-refractivity contribution in [3.63, 3.8) is 0 Å². The minimum absolute atomic E-state index is 0.391. The Bertz CT molecular complexity index is 1110. The van der Waals surface area contributed by atoms with Crippen LogP contribution in [0.25, 0.3) is 10.8 Å². The molecule has 1 N–H and O–H groups in total. The molecular formula is C21H13ClN2O4. The molecule has 3 aromatic rings. The number of hydrogen-bond acceptors (Lipinski definition) is 5. The van der Waals surface area contributed by atoms with Gasteiger partial charge in [0.2, 0.25) is 0 Å². The molecule has 0 radical (unpaired) electrons. The average molecular weight is 393 g/mol. The van der Waals surface area contributed by atoms with E-state index >= 15 is 0 Å². The minimum Gasteiger partial charge on any atom is -0.368 e. The van der Waals surface area contributed by atoms with E-state index in [1.165, 1.54) is 0 Å². The molecule has 2 unspecified atom stereocenters. The highest BCUT2D eigenvalue weighted by atomic mass is 35.5. The molecule has 7 heteroatoms. The van der Waals surface area contributed by atoms with Crippen LogP contribution in [-0.2, 0) is 9.63 Å². The fourth-order valence-corrected chi connectivity index (χ4v) is 3.99. The van der Waals surface area contributed by atoms with Gasteiger partial charge in [0, 0.05) is 21.5 Å². The Morgan fingerprint density at radius 3 is 2.07 bits per heavy atom. The van der Waals surface area contributed by atoms with Crippen molar-refractivity contribution in [2.75, 3.05) is 0 Å². The molecule has 6 nitrogen and oxygen atoms in total. The van der Waals surface area contributed by atoms with E-state index in [1.807, 2.05) is 12.1 Å². The van der Waals surface area contributed by atoms with Gasteiger partial charge in [0.15, 0.2) is 6.04 Å². The number of hydroxylamine groups is 1. The summed E-state index contributed by atoms with van der Waals surface area (Å²) in [5.41, 5.74) is 4.10. The predicted octanol–water partition coefficient (Wildman–Crippen LogP) is 3.26. The number of hydrogen-bond donors (Lipinski definition) is 1. The zero-order chi connectivity index (χ0) is 19.4. The van der Waals surface area contributed by atoms with E-state index < -0.39 is 29.9 Å². The van der Waals surface area contributed by atoms with Crippen molar-refractivity contribution in [1.29, 1.82) is 0 Å². The first-order valence-electron chi connectivity index (χ1n) is 8.67. The number of benzene rings is 3. The molecule has 2 aliphatic heterocycles. The number of carbonyl (C=O) groups excluding carboxylic acids is 3. The highest BCUT2D eigenvalue weighted by Crippen LogP contribution is 2.35. The smallest absolute Gasteiger partial charge is 0.350 e. The van der Waals surface area contributed by atoms with E-state index in [2.05, 4.69) is 5.48 Å². The maximum atomic E-state index is 13.2. The van der Waals surface area contributed by atoms with Gasteiger partial charge < -0.3 is 4.84 Å². The van der Waals surface area contributed by atoms with Crippen molar-refractivity contribution >= 4 is 40.2 Å². The van der Waals surface area contributed by atoms with Crippen molar-refractivity contribution in [3.05, 3.63) is 82.4 Å². The van der Waals surface area contributed by atoms with Crippen molar-refractivity contribution in [3.8, 4) is 0 Å². The molecule has 2 atom stereocenters. The normalized spacial score (nSPS) is 21.3. The third-order valence-corrected chi connectivity index (χ3v) is 5.41. The van der Waals surface area contributed by atoms with Crippen LogP contribution in [0, 0.1) is 0 Å². The molecule has 0 saturated carbocycles. The summed E-state index contributed by atoms with van der Waals surface area (Å²) in [5, 5.41) is 1.95. The van der Waals surface area contributed by atoms with Crippen LogP contribution in [0.4, 0.5) is 0 Å². The van der Waals surface area contributed by atoms with Gasteiger partial charge in [-0.1, -0.05) is 48.0 Å². The average Bonchev–Trinajstić information content (AvgIpc) is 3.08. The van der Waals surface area contributed by atoms with Crippen LogP contribution < -0.4 is 5.48 Å². The SMILES string of the molecule is O=C1ONC(c2ccc(Cl)cc2)C1N1C(=O)c2cccc3cccc(c23)C1=O. The molecule has 1 saturated heterocycles. The Morgan fingerprint density at radius 1 is 0.857 bits per heavy atom. The van der Waals surface area contributed by atoms with E-state index in [9.17, 15) is 14.4 Å². The van der Waals surface area contributed by atoms with Crippen molar-refractivity contribution in [2.24, 2.45) is 0 Å². The van der Waals surface area contributed by atoms with E-state index in [0.29, 0.717) is 27.1 Å². The topological polar surface area (TPSA) is 75.7 Å². The zero-order valence-electron chi connectivity index (χ0n) is 14.4. The molecule has 3 aromatic carbocycles. The van der Waals surface area contributed by atoms with Crippen LogP contribution in [0.15, 0.2) is 60.7 Å². The van der Waals surface area contributed by atoms with Crippen molar-refractivity contribution < 1.29 is 19.2 Å². The number of nitrogens with one attached hydrogen (secondary N) is 1. The molecular weight excluding hydrogens is 380 g/mol. The second kappa shape index (κ2) is 6.15. The van der Waals surface area contributed by atoms with Gasteiger partial charge in [0.1, 0.15) is 0 Å². The number of imide groups is 1. The highest BCUT2D eigenvalue weighted by Gasteiger charge is 2.49. The van der Waals surface area contributed by atoms with Gasteiger partial charge >= 0.3 is 5.97 Å². The lowest BCUT2D eigenvalue weighted by Gasteiger charge is -2.32. The Morgan fingerprint density at radius 2 is 1.46 bits per heavy atom. The Kier molecular flexibility index (Phi) is 3.72. The summed E-state index contributed by atoms with van der Waals surface area (Å²) in [4.78, 5) is 45.0. The predicted molar refractivity (Wildman–Crippen MR) is 102 cm³/mol. The van der Waals surface area contributed by atoms with E-state index in [1.54, 1.807) is 48.5 Å². The first kappa shape index (κ1) is 16.9. The lowest BCUT2D eigenvalue weighted by molar-refractivity contribution is -0.145. The number of halogens is 1. The van der Waals surface area contributed by atoms with Gasteiger partial charge in [0.05, 0.1) is 6.04 Å². The monoisotopic (exact) mass is 392 g/mol. The molecule has 0 spiro atoms. The fraction of sp³-hybridized carbons (Fsp3) is 0.0952. The Labute approximate surface area is 164 Å². The number of nitrogens with zero attached hydrogens (tertiary/aromatic N) is 1. The summed E-state index contributed by atoms with van der Waals surface area (Å²) in [7, 11) is 0. The van der Waals surface area contributed by atoms with E-state index in [0.717, 1.165) is 10.3 Å². The van der Waals surface area contributed by atoms with Gasteiger partial charge in [0.25, 0.3) is 11.8 Å². The van der Waals surface area contributed by atoms with Crippen LogP contribution in [0.3, 0.4) is 0 Å². The van der Waals surface area contributed by atoms with Crippen LogP contribution in [0.1, 0.15) is 32.3 Å². The number of amides is 2. The quantitative estimate of drug-likeness (QED) is 0.677. The first-order chi connectivity index (χ1) is 13.6. The molecule has 1 fully saturated rings. The standard InChI is InChI=1S/C21H13ClN2O4/c22-13-9-7-12(8-10-13)17-18(21(27)28-23-17)24-19(25)14-5-1-3-11-4-2-6-15(16(11)14)20(24)26/h1-10,17-18,23H. The first-order valence-corrected chi connectivity index (χ1v) is 9.05. The summed E-state index contributed by atoms with van der Waals surface area (Å²) >= 11 is 5.94. The van der Waals surface area contributed by atoms with Crippen LogP contribution in [-0.4, -0.2) is 28.7 Å². The summed E-state index contributed by atoms with van der Waals surface area (Å²) in [6.07, 6.45) is 0. The summed E-state index contributed by atoms with van der Waals surface area (Å²) in [6, 6.07) is 15.5. The highest BCUT2D eigenvalue weighted by molar-refractivity contribution is 6.30. The van der Waals surface area contributed by atoms with Gasteiger partial charge in [-0.25, -0.2) is 4.79 Å². The molecule has 28 heavy (non-hydrogen) atoms. The second-order valence-electron chi connectivity index (χ2n) is 6.70. The van der Waals surface area contributed by atoms with Crippen LogP contribution in [0.2, 0.25) is 5.02 Å². The summed E-state index contributed by atoms with van der Waals surface area (Å²) in [5.74, 6) is -1.72. The molecule has 5 rings (SSSR count). The largest absolute Gasteiger partial charge is 0.368 e. The van der Waals surface area contributed by atoms with E-state index in [-0.39, 0.29) is 0 Å². The molecule has 2 heterocycles. The summed E-state index contributed by atoms with van der Waals surface area (Å²) < 4.78 is 0. The van der Waals surface area contributed by atoms with Crippen molar-refractivity contribution in [1.82, 2.24) is 10.4 Å². The third kappa shape index (κ3) is 2.35. The van der Waals surface area contributed by atoms with Gasteiger partial charge in [-0.3, -0.25) is 14.5 Å². The molecule has 138 valence electrons. The molecule has 0 aliphatic carbocycles. The maximum absolute atomic E-state index is 13.2. The number of rotatable bonds is 2.